The number of rotatable bonds is 4. The predicted octanol–water partition coefficient (Wildman–Crippen LogP) is 2.53. The molecule has 1 amide bonds. The van der Waals surface area contributed by atoms with Gasteiger partial charge in [0.25, 0.3) is 11.2 Å². The smallest absolute Gasteiger partial charge is 0.270 e. The Bertz CT molecular complexity index is 869. The first-order chi connectivity index (χ1) is 12.5. The molecule has 26 heavy (non-hydrogen) atoms. The van der Waals surface area contributed by atoms with Gasteiger partial charge in [0.1, 0.15) is 6.54 Å². The van der Waals surface area contributed by atoms with Crippen LogP contribution in [0.2, 0.25) is 0 Å². The second-order valence-electron chi connectivity index (χ2n) is 6.75. The maximum Gasteiger partial charge on any atom is 0.270 e. The van der Waals surface area contributed by atoms with Gasteiger partial charge in [0, 0.05) is 18.2 Å². The van der Waals surface area contributed by atoms with Crippen LogP contribution in [0.25, 0.3) is 10.9 Å². The molecule has 1 heterocycles. The molecule has 0 radical (unpaired) electrons. The number of fused-ring (bicyclic) bond motifs is 1. The topological polar surface area (TPSA) is 107 Å². The number of hydrogen-bond acceptors (Lipinski definition) is 5. The highest BCUT2D eigenvalue weighted by atomic mass is 16.6. The first-order valence-electron chi connectivity index (χ1n) is 8.97. The SMILES string of the molecule is O=C(Cn1cnc2ccc([N+](=O)[O-])cc2c1=O)NC1CCCCCCC1. The highest BCUT2D eigenvalue weighted by Gasteiger charge is 2.16. The Morgan fingerprint density at radius 1 is 1.23 bits per heavy atom. The van der Waals surface area contributed by atoms with E-state index in [1.165, 1.54) is 48.4 Å². The zero-order valence-electron chi connectivity index (χ0n) is 14.5. The maximum absolute atomic E-state index is 12.6. The van der Waals surface area contributed by atoms with E-state index in [9.17, 15) is 19.7 Å². The minimum absolute atomic E-state index is 0.138. The van der Waals surface area contributed by atoms with Gasteiger partial charge in [0.2, 0.25) is 5.91 Å². The minimum Gasteiger partial charge on any atom is -0.352 e. The van der Waals surface area contributed by atoms with Gasteiger partial charge in [0.05, 0.1) is 22.2 Å². The molecule has 0 spiro atoms. The van der Waals surface area contributed by atoms with E-state index < -0.39 is 10.5 Å². The van der Waals surface area contributed by atoms with Crippen molar-refractivity contribution in [3.63, 3.8) is 0 Å². The zero-order chi connectivity index (χ0) is 18.5. The van der Waals surface area contributed by atoms with Gasteiger partial charge >= 0.3 is 0 Å². The average molecular weight is 358 g/mol. The number of hydrogen-bond donors (Lipinski definition) is 1. The molecule has 1 aliphatic carbocycles. The maximum atomic E-state index is 12.6. The molecule has 1 aliphatic rings. The zero-order valence-corrected chi connectivity index (χ0v) is 14.5. The fourth-order valence-electron chi connectivity index (χ4n) is 3.40. The van der Waals surface area contributed by atoms with Crippen LogP contribution in [0.1, 0.15) is 44.9 Å². The number of aromatic nitrogens is 2. The Balaban J connectivity index is 1.75. The van der Waals surface area contributed by atoms with Crippen LogP contribution in [0.5, 0.6) is 0 Å². The molecule has 0 atom stereocenters. The van der Waals surface area contributed by atoms with E-state index in [0.29, 0.717) is 5.52 Å². The van der Waals surface area contributed by atoms with Crippen LogP contribution in [0.4, 0.5) is 5.69 Å². The molecule has 2 aromatic rings. The Hall–Kier alpha value is -2.77. The second kappa shape index (κ2) is 8.07. The molecule has 1 N–H and O–H groups in total. The first kappa shape index (κ1) is 18.0. The van der Waals surface area contributed by atoms with E-state index in [4.69, 9.17) is 0 Å². The minimum atomic E-state index is -0.558. The molecular weight excluding hydrogens is 336 g/mol. The Kier molecular flexibility index (Phi) is 5.60. The molecular formula is C18H22N4O4. The molecule has 0 bridgehead atoms. The van der Waals surface area contributed by atoms with Crippen molar-refractivity contribution in [3.8, 4) is 0 Å². The third-order valence-electron chi connectivity index (χ3n) is 4.80. The average Bonchev–Trinajstić information content (AvgIpc) is 2.59. The van der Waals surface area contributed by atoms with Gasteiger partial charge in [0.15, 0.2) is 0 Å². The van der Waals surface area contributed by atoms with Crippen molar-refractivity contribution in [2.75, 3.05) is 0 Å². The number of nitrogens with one attached hydrogen (secondary N) is 1. The van der Waals surface area contributed by atoms with Gasteiger partial charge in [-0.1, -0.05) is 32.1 Å². The highest BCUT2D eigenvalue weighted by Crippen LogP contribution is 2.18. The van der Waals surface area contributed by atoms with Crippen molar-refractivity contribution >= 4 is 22.5 Å². The Morgan fingerprint density at radius 3 is 2.62 bits per heavy atom. The molecule has 1 saturated carbocycles. The summed E-state index contributed by atoms with van der Waals surface area (Å²) in [5.41, 5.74) is -0.253. The summed E-state index contributed by atoms with van der Waals surface area (Å²) in [6.45, 7) is -0.138. The largest absolute Gasteiger partial charge is 0.352 e. The molecule has 1 aromatic carbocycles. The number of amides is 1. The number of nitrogens with zero attached hydrogens (tertiary/aromatic N) is 3. The Labute approximate surface area is 150 Å². The molecule has 8 heteroatoms. The number of nitro benzene ring substituents is 1. The lowest BCUT2D eigenvalue weighted by atomic mass is 9.97. The summed E-state index contributed by atoms with van der Waals surface area (Å²) in [7, 11) is 0. The normalized spacial score (nSPS) is 16.0. The fourth-order valence-corrected chi connectivity index (χ4v) is 3.40. The highest BCUT2D eigenvalue weighted by molar-refractivity contribution is 5.81. The molecule has 0 aliphatic heterocycles. The molecule has 8 nitrogen and oxygen atoms in total. The van der Waals surface area contributed by atoms with E-state index >= 15 is 0 Å². The predicted molar refractivity (Wildman–Crippen MR) is 96.9 cm³/mol. The summed E-state index contributed by atoms with van der Waals surface area (Å²) in [4.78, 5) is 39.4. The molecule has 0 unspecified atom stereocenters. The van der Waals surface area contributed by atoms with Crippen molar-refractivity contribution in [2.24, 2.45) is 0 Å². The first-order valence-corrected chi connectivity index (χ1v) is 8.97. The third kappa shape index (κ3) is 4.25. The standard InChI is InChI=1S/C18H22N4O4/c23-17(20-13-6-4-2-1-3-5-7-13)11-21-12-19-16-9-8-14(22(25)26)10-15(16)18(21)24/h8-10,12-13H,1-7,11H2,(H,20,23). The van der Waals surface area contributed by atoms with Crippen molar-refractivity contribution in [1.29, 1.82) is 0 Å². The van der Waals surface area contributed by atoms with Crippen LogP contribution in [-0.2, 0) is 11.3 Å². The molecule has 1 fully saturated rings. The van der Waals surface area contributed by atoms with Crippen LogP contribution in [-0.4, -0.2) is 26.4 Å². The summed E-state index contributed by atoms with van der Waals surface area (Å²) in [5.74, 6) is -0.232. The summed E-state index contributed by atoms with van der Waals surface area (Å²) in [6, 6.07) is 4.09. The van der Waals surface area contributed by atoms with Gasteiger partial charge in [-0.25, -0.2) is 4.98 Å². The van der Waals surface area contributed by atoms with Crippen LogP contribution < -0.4 is 10.9 Å². The number of carbonyl (C=O) groups is 1. The van der Waals surface area contributed by atoms with Crippen molar-refractivity contribution < 1.29 is 9.72 Å². The fraction of sp³-hybridized carbons (Fsp3) is 0.500. The molecule has 138 valence electrons. The summed E-state index contributed by atoms with van der Waals surface area (Å²) >= 11 is 0. The molecule has 0 saturated heterocycles. The van der Waals surface area contributed by atoms with Crippen LogP contribution in [0.3, 0.4) is 0 Å². The molecule has 1 aromatic heterocycles. The van der Waals surface area contributed by atoms with E-state index in [0.717, 1.165) is 25.7 Å². The van der Waals surface area contributed by atoms with Crippen molar-refractivity contribution in [1.82, 2.24) is 14.9 Å². The Morgan fingerprint density at radius 2 is 1.92 bits per heavy atom. The summed E-state index contributed by atoms with van der Waals surface area (Å²) < 4.78 is 1.20. The monoisotopic (exact) mass is 358 g/mol. The lowest BCUT2D eigenvalue weighted by Gasteiger charge is -2.21. The number of non-ortho nitro benzene ring substituents is 1. The number of benzene rings is 1. The number of nitro groups is 1. The van der Waals surface area contributed by atoms with E-state index in [1.54, 1.807) is 0 Å². The third-order valence-corrected chi connectivity index (χ3v) is 4.80. The van der Waals surface area contributed by atoms with Crippen LogP contribution in [0, 0.1) is 10.1 Å². The lowest BCUT2D eigenvalue weighted by molar-refractivity contribution is -0.384. The van der Waals surface area contributed by atoms with E-state index in [2.05, 4.69) is 10.3 Å². The van der Waals surface area contributed by atoms with E-state index in [-0.39, 0.29) is 29.6 Å². The van der Waals surface area contributed by atoms with Gasteiger partial charge in [-0.2, -0.15) is 0 Å². The van der Waals surface area contributed by atoms with Crippen LogP contribution in [0.15, 0.2) is 29.3 Å². The van der Waals surface area contributed by atoms with Gasteiger partial charge < -0.3 is 5.32 Å². The second-order valence-corrected chi connectivity index (χ2v) is 6.75. The lowest BCUT2D eigenvalue weighted by Crippen LogP contribution is -2.39. The number of carbonyl (C=O) groups excluding carboxylic acids is 1. The van der Waals surface area contributed by atoms with Crippen molar-refractivity contribution in [3.05, 3.63) is 45.0 Å². The molecule has 3 rings (SSSR count). The summed E-state index contributed by atoms with van der Waals surface area (Å²) in [6.07, 6.45) is 9.08. The summed E-state index contributed by atoms with van der Waals surface area (Å²) in [5, 5.41) is 14.0. The van der Waals surface area contributed by atoms with Crippen LogP contribution >= 0.6 is 0 Å². The van der Waals surface area contributed by atoms with Crippen molar-refractivity contribution in [2.45, 2.75) is 57.5 Å². The van der Waals surface area contributed by atoms with Gasteiger partial charge in [-0.3, -0.25) is 24.3 Å². The van der Waals surface area contributed by atoms with Gasteiger partial charge in [-0.05, 0) is 18.9 Å². The quantitative estimate of drug-likeness (QED) is 0.667. The van der Waals surface area contributed by atoms with E-state index in [1.807, 2.05) is 0 Å². The van der Waals surface area contributed by atoms with Gasteiger partial charge in [-0.15, -0.1) is 0 Å².